The molecule has 0 heterocycles. The Morgan fingerprint density at radius 2 is 2.07 bits per heavy atom. The third-order valence-corrected chi connectivity index (χ3v) is 1.13. The fourth-order valence-electron chi connectivity index (χ4n) is 0.821. The number of carboxylic acids is 1. The molecule has 0 aliphatic carbocycles. The zero-order valence-corrected chi connectivity index (χ0v) is 8.83. The van der Waals surface area contributed by atoms with E-state index in [1.165, 1.54) is 0 Å². The maximum atomic E-state index is 10.9. The molecule has 1 N–H and O–H groups in total. The van der Waals surface area contributed by atoms with Gasteiger partial charge >= 0.3 is 11.9 Å². The number of hydrogen-bond donors (Lipinski definition) is 1. The quantitative estimate of drug-likeness (QED) is 0.513. The summed E-state index contributed by atoms with van der Waals surface area (Å²) in [6, 6.07) is 0. The Morgan fingerprint density at radius 3 is 2.36 bits per heavy atom. The molecule has 5 heteroatoms. The van der Waals surface area contributed by atoms with Gasteiger partial charge in [0.15, 0.2) is 6.08 Å². The summed E-state index contributed by atoms with van der Waals surface area (Å²) in [5.41, 5.74) is 0. The SMILES string of the molecule is [2H]C([2H])(C(=O)O)[C@@]([2H])(C[N+](C)(C)C)OC(C)=O. The molecule has 0 aliphatic rings. The summed E-state index contributed by atoms with van der Waals surface area (Å²) < 4.78 is 27.3. The van der Waals surface area contributed by atoms with Crippen molar-refractivity contribution in [2.45, 2.75) is 19.4 Å². The van der Waals surface area contributed by atoms with Crippen LogP contribution in [-0.2, 0) is 14.3 Å². The van der Waals surface area contributed by atoms with Gasteiger partial charge in [-0.05, 0) is 0 Å². The van der Waals surface area contributed by atoms with E-state index in [-0.39, 0.29) is 11.0 Å². The van der Waals surface area contributed by atoms with Crippen molar-refractivity contribution in [2.24, 2.45) is 0 Å². The highest BCUT2D eigenvalue weighted by Crippen LogP contribution is 2.04. The average molecular weight is 207 g/mol. The van der Waals surface area contributed by atoms with E-state index in [4.69, 9.17) is 9.22 Å². The van der Waals surface area contributed by atoms with Gasteiger partial charge in [0.1, 0.15) is 6.54 Å². The molecule has 0 fully saturated rings. The summed E-state index contributed by atoms with van der Waals surface area (Å²) >= 11 is 0. The smallest absolute Gasteiger partial charge is 0.307 e. The van der Waals surface area contributed by atoms with Crippen LogP contribution in [0.4, 0.5) is 0 Å². The van der Waals surface area contributed by atoms with E-state index >= 15 is 0 Å². The molecule has 0 spiro atoms. The molecule has 1 atom stereocenters. The number of carboxylic acid groups (broad SMARTS) is 1. The fraction of sp³-hybridized carbons (Fsp3) is 0.778. The molecule has 0 aromatic carbocycles. The number of quaternary nitrogens is 1. The number of aliphatic carboxylic acids is 1. The number of hydrogen-bond acceptors (Lipinski definition) is 3. The van der Waals surface area contributed by atoms with Crippen LogP contribution in [0.15, 0.2) is 0 Å². The van der Waals surface area contributed by atoms with Crippen molar-refractivity contribution in [3.8, 4) is 0 Å². The molecule has 0 aliphatic heterocycles. The first kappa shape index (κ1) is 8.23. The molecule has 0 saturated carbocycles. The molecule has 14 heavy (non-hydrogen) atoms. The van der Waals surface area contributed by atoms with Crippen LogP contribution >= 0.6 is 0 Å². The van der Waals surface area contributed by atoms with Crippen LogP contribution in [0.1, 0.15) is 17.4 Å². The van der Waals surface area contributed by atoms with E-state index in [1.807, 2.05) is 0 Å². The van der Waals surface area contributed by atoms with Gasteiger partial charge in [0.25, 0.3) is 0 Å². The molecule has 0 rings (SSSR count). The second-order valence-electron chi connectivity index (χ2n) is 3.90. The highest BCUT2D eigenvalue weighted by atomic mass is 16.5. The van der Waals surface area contributed by atoms with Crippen LogP contribution in [0.3, 0.4) is 0 Å². The molecule has 0 bridgehead atoms. The highest BCUT2D eigenvalue weighted by Gasteiger charge is 2.23. The third-order valence-electron chi connectivity index (χ3n) is 1.13. The maximum absolute atomic E-state index is 10.9. The van der Waals surface area contributed by atoms with Crippen molar-refractivity contribution in [1.29, 1.82) is 0 Å². The van der Waals surface area contributed by atoms with E-state index < -0.39 is 24.4 Å². The molecule has 0 radical (unpaired) electrons. The molecular formula is C9H18NO4+. The lowest BCUT2D eigenvalue weighted by atomic mass is 10.2. The molecule has 0 unspecified atom stereocenters. The minimum atomic E-state index is -2.98. The van der Waals surface area contributed by atoms with Gasteiger partial charge in [0.2, 0.25) is 0 Å². The predicted molar refractivity (Wildman–Crippen MR) is 50.7 cm³/mol. The standard InChI is InChI=1S/C9H17NO4/c1-7(11)14-8(5-9(12)13)6-10(2,3)4/h8H,5-6H2,1-4H3/p+1/t8-/m0/s1/i5D2,8D. The van der Waals surface area contributed by atoms with E-state index in [1.54, 1.807) is 21.1 Å². The van der Waals surface area contributed by atoms with Gasteiger partial charge in [-0.25, -0.2) is 0 Å². The number of rotatable bonds is 5. The first-order valence-electron chi connectivity index (χ1n) is 5.55. The van der Waals surface area contributed by atoms with Crippen molar-refractivity contribution >= 4 is 11.9 Å². The number of carbonyl (C=O) groups excluding carboxylic acids is 1. The largest absolute Gasteiger partial charge is 0.481 e. The van der Waals surface area contributed by atoms with E-state index in [9.17, 15) is 9.59 Å². The van der Waals surface area contributed by atoms with Crippen LogP contribution in [0.25, 0.3) is 0 Å². The second-order valence-corrected chi connectivity index (χ2v) is 3.90. The van der Waals surface area contributed by atoms with Gasteiger partial charge in [-0.15, -0.1) is 0 Å². The Balaban J connectivity index is 5.38. The zero-order valence-electron chi connectivity index (χ0n) is 11.8. The summed E-state index contributed by atoms with van der Waals surface area (Å²) in [5, 5.41) is 8.79. The Bertz CT molecular complexity index is 327. The van der Waals surface area contributed by atoms with E-state index in [0.29, 0.717) is 0 Å². The number of nitrogens with zero attached hydrogens (tertiary/aromatic N) is 1. The molecule has 0 amide bonds. The van der Waals surface area contributed by atoms with Gasteiger partial charge in [-0.3, -0.25) is 9.59 Å². The highest BCUT2D eigenvalue weighted by molar-refractivity contribution is 5.69. The summed E-state index contributed by atoms with van der Waals surface area (Å²) in [6.07, 6.45) is -5.45. The minimum absolute atomic E-state index is 0.0869. The van der Waals surface area contributed by atoms with E-state index in [0.717, 1.165) is 6.92 Å². The van der Waals surface area contributed by atoms with Crippen LogP contribution in [0.2, 0.25) is 0 Å². The van der Waals surface area contributed by atoms with Crippen molar-refractivity contribution in [1.82, 2.24) is 0 Å². The summed E-state index contributed by atoms with van der Waals surface area (Å²) in [7, 11) is 4.93. The lowest BCUT2D eigenvalue weighted by molar-refractivity contribution is -0.873. The number of esters is 1. The summed E-state index contributed by atoms with van der Waals surface area (Å²) in [5.74, 6) is -2.72. The Morgan fingerprint density at radius 1 is 1.57 bits per heavy atom. The second kappa shape index (κ2) is 4.95. The minimum Gasteiger partial charge on any atom is -0.481 e. The van der Waals surface area contributed by atoms with Gasteiger partial charge in [0.05, 0.1) is 28.9 Å². The predicted octanol–water partition coefficient (Wildman–Crippen LogP) is 0.0990. The van der Waals surface area contributed by atoms with Gasteiger partial charge in [0, 0.05) is 9.67 Å². The Hall–Kier alpha value is -1.10. The van der Waals surface area contributed by atoms with Crippen LogP contribution in [0.5, 0.6) is 0 Å². The maximum Gasteiger partial charge on any atom is 0.307 e. The van der Waals surface area contributed by atoms with E-state index in [2.05, 4.69) is 4.74 Å². The number of carbonyl (C=O) groups is 2. The summed E-state index contributed by atoms with van der Waals surface area (Å²) in [6.45, 7) is 0.725. The number of ether oxygens (including phenoxy) is 1. The monoisotopic (exact) mass is 207 g/mol. The van der Waals surface area contributed by atoms with Crippen LogP contribution < -0.4 is 0 Å². The Kier molecular flexibility index (Phi) is 2.91. The van der Waals surface area contributed by atoms with Crippen molar-refractivity contribution < 1.29 is 28.0 Å². The van der Waals surface area contributed by atoms with Gasteiger partial charge in [-0.1, -0.05) is 0 Å². The lowest BCUT2D eigenvalue weighted by Crippen LogP contribution is -2.43. The molecular weight excluding hydrogens is 186 g/mol. The lowest BCUT2D eigenvalue weighted by Gasteiger charge is -2.28. The van der Waals surface area contributed by atoms with Gasteiger partial charge in [-0.2, -0.15) is 0 Å². The molecule has 5 nitrogen and oxygen atoms in total. The first-order valence-corrected chi connectivity index (χ1v) is 4.05. The Labute approximate surface area is 88.1 Å². The van der Waals surface area contributed by atoms with Crippen molar-refractivity contribution in [3.63, 3.8) is 0 Å². The molecule has 0 aromatic rings. The van der Waals surface area contributed by atoms with Crippen LogP contribution in [-0.4, -0.2) is 55.3 Å². The average Bonchev–Trinajstić information content (AvgIpc) is 1.97. The number of likely N-dealkylation sites (N-methyl/N-ethyl adjacent to an activating group) is 1. The fourth-order valence-corrected chi connectivity index (χ4v) is 0.821. The molecule has 82 valence electrons. The summed E-state index contributed by atoms with van der Waals surface area (Å²) in [4.78, 5) is 21.7. The normalized spacial score (nSPS) is 19.9. The molecule has 0 saturated heterocycles. The van der Waals surface area contributed by atoms with Crippen molar-refractivity contribution in [2.75, 3.05) is 27.7 Å². The van der Waals surface area contributed by atoms with Crippen molar-refractivity contribution in [3.05, 3.63) is 0 Å². The van der Waals surface area contributed by atoms with Gasteiger partial charge < -0.3 is 14.3 Å². The topological polar surface area (TPSA) is 63.6 Å². The first-order chi connectivity index (χ1) is 7.32. The third kappa shape index (κ3) is 7.54. The van der Waals surface area contributed by atoms with Crippen LogP contribution in [0, 0.1) is 0 Å². The zero-order chi connectivity index (χ0) is 14.1. The molecule has 0 aromatic heterocycles.